The van der Waals surface area contributed by atoms with Crippen LogP contribution in [0.2, 0.25) is 0 Å². The van der Waals surface area contributed by atoms with E-state index in [1.807, 2.05) is 48.5 Å². The molecule has 0 saturated heterocycles. The van der Waals surface area contributed by atoms with Gasteiger partial charge in [-0.05, 0) is 22.6 Å². The molecule has 0 amide bonds. The van der Waals surface area contributed by atoms with Crippen LogP contribution >= 0.6 is 0 Å². The number of hydrogen-bond donors (Lipinski definition) is 1. The summed E-state index contributed by atoms with van der Waals surface area (Å²) in [7, 11) is 0. The van der Waals surface area contributed by atoms with Crippen LogP contribution in [0.5, 0.6) is 0 Å². The van der Waals surface area contributed by atoms with Crippen molar-refractivity contribution in [2.75, 3.05) is 0 Å². The zero-order valence-corrected chi connectivity index (χ0v) is 23.9. The van der Waals surface area contributed by atoms with Crippen molar-refractivity contribution < 1.29 is 68.9 Å². The number of rotatable bonds is 3. The van der Waals surface area contributed by atoms with E-state index < -0.39 is 5.54 Å². The quantitative estimate of drug-likeness (QED) is 0.436. The van der Waals surface area contributed by atoms with Gasteiger partial charge in [0.2, 0.25) is 0 Å². The fourth-order valence-electron chi connectivity index (χ4n) is 3.53. The van der Waals surface area contributed by atoms with Crippen molar-refractivity contribution in [1.82, 2.24) is 0 Å². The molecule has 29 heavy (non-hydrogen) atoms. The summed E-state index contributed by atoms with van der Waals surface area (Å²) in [6, 6.07) is 31.5. The van der Waals surface area contributed by atoms with Crippen LogP contribution < -0.4 is 74.6 Å². The SMILES string of the molecule is C=C1CC(N)=NC1(c1ccccc1)c1ccccc1.CC(C)c1cc[c-]cc1.[Cs+]. The number of nitrogens with two attached hydrogens (primary N) is 1. The van der Waals surface area contributed by atoms with Crippen LogP contribution in [-0.2, 0) is 5.54 Å². The fraction of sp³-hybridized carbons (Fsp3) is 0.192. The summed E-state index contributed by atoms with van der Waals surface area (Å²) in [6.07, 6.45) is 0.657. The normalized spacial score (nSPS) is 14.4. The Morgan fingerprint density at radius 1 is 0.897 bits per heavy atom. The Morgan fingerprint density at radius 2 is 1.38 bits per heavy atom. The molecule has 3 aromatic carbocycles. The van der Waals surface area contributed by atoms with E-state index in [0.29, 0.717) is 18.2 Å². The second-order valence-corrected chi connectivity index (χ2v) is 7.31. The first kappa shape index (κ1) is 24.2. The van der Waals surface area contributed by atoms with E-state index in [2.05, 4.69) is 62.9 Å². The van der Waals surface area contributed by atoms with Crippen molar-refractivity contribution in [3.05, 3.63) is 120 Å². The molecule has 1 aliphatic heterocycles. The molecule has 142 valence electrons. The number of benzene rings is 3. The van der Waals surface area contributed by atoms with Gasteiger partial charge in [0.15, 0.2) is 0 Å². The monoisotopic (exact) mass is 500 g/mol. The number of hydrogen-bond acceptors (Lipinski definition) is 2. The maximum atomic E-state index is 5.96. The van der Waals surface area contributed by atoms with Gasteiger partial charge in [0.05, 0.1) is 5.84 Å². The Morgan fingerprint density at radius 3 is 1.72 bits per heavy atom. The van der Waals surface area contributed by atoms with Crippen molar-refractivity contribution in [2.45, 2.75) is 31.7 Å². The smallest absolute Gasteiger partial charge is 0.387 e. The van der Waals surface area contributed by atoms with Crippen LogP contribution in [0.3, 0.4) is 0 Å². The van der Waals surface area contributed by atoms with E-state index in [4.69, 9.17) is 10.7 Å². The molecule has 0 radical (unpaired) electrons. The molecule has 0 spiro atoms. The van der Waals surface area contributed by atoms with E-state index in [1.165, 1.54) is 5.56 Å². The number of amidine groups is 1. The molecule has 2 nitrogen and oxygen atoms in total. The predicted molar refractivity (Wildman–Crippen MR) is 118 cm³/mol. The van der Waals surface area contributed by atoms with Gasteiger partial charge in [0, 0.05) is 6.42 Å². The number of nitrogens with zero attached hydrogens (tertiary/aromatic N) is 1. The molecule has 1 heterocycles. The third-order valence-electron chi connectivity index (χ3n) is 5.01. The Kier molecular flexibility index (Phi) is 9.47. The van der Waals surface area contributed by atoms with E-state index in [1.54, 1.807) is 0 Å². The minimum atomic E-state index is -0.521. The summed E-state index contributed by atoms with van der Waals surface area (Å²) >= 11 is 0. The first-order chi connectivity index (χ1) is 13.5. The summed E-state index contributed by atoms with van der Waals surface area (Å²) in [5.41, 5.74) is 10.1. The van der Waals surface area contributed by atoms with Gasteiger partial charge in [-0.2, -0.15) is 35.9 Å². The van der Waals surface area contributed by atoms with Crippen molar-refractivity contribution in [3.8, 4) is 0 Å². The van der Waals surface area contributed by atoms with Crippen LogP contribution in [0.4, 0.5) is 0 Å². The first-order valence-electron chi connectivity index (χ1n) is 9.63. The van der Waals surface area contributed by atoms with E-state index >= 15 is 0 Å². The molecule has 0 bridgehead atoms. The molecule has 0 atom stereocenters. The molecule has 3 aromatic rings. The molecule has 0 aromatic heterocycles. The first-order valence-corrected chi connectivity index (χ1v) is 9.63. The molecule has 2 N–H and O–H groups in total. The van der Waals surface area contributed by atoms with Gasteiger partial charge >= 0.3 is 68.9 Å². The fourth-order valence-corrected chi connectivity index (χ4v) is 3.53. The Labute approximate surface area is 233 Å². The molecule has 0 saturated carbocycles. The standard InChI is InChI=1S/C17H16N2.C9H11.Cs/c1-13-12-16(18)19-17(13,14-8-4-2-5-9-14)15-10-6-3-7-11-15;1-8(2)9-6-4-3-5-7-9;/h2-11H,1,12H2,(H2,18,19);4-8H,1-2H3;/q;-1;+1. The van der Waals surface area contributed by atoms with Crippen molar-refractivity contribution >= 4 is 5.84 Å². The molecular weight excluding hydrogens is 473 g/mol. The minimum absolute atomic E-state index is 0. The van der Waals surface area contributed by atoms with E-state index in [9.17, 15) is 0 Å². The Bertz CT molecular complexity index is 893. The van der Waals surface area contributed by atoms with Crippen molar-refractivity contribution in [1.29, 1.82) is 0 Å². The summed E-state index contributed by atoms with van der Waals surface area (Å²) in [5, 5.41) is 0. The van der Waals surface area contributed by atoms with Gasteiger partial charge in [0.1, 0.15) is 5.54 Å². The van der Waals surface area contributed by atoms with Gasteiger partial charge in [-0.15, -0.1) is 0 Å². The number of aliphatic imine (C=N–C) groups is 1. The van der Waals surface area contributed by atoms with Gasteiger partial charge in [-0.1, -0.05) is 81.1 Å². The van der Waals surface area contributed by atoms with Crippen molar-refractivity contribution in [2.24, 2.45) is 10.7 Å². The van der Waals surface area contributed by atoms with Crippen LogP contribution in [0.25, 0.3) is 0 Å². The van der Waals surface area contributed by atoms with Gasteiger partial charge < -0.3 is 5.73 Å². The van der Waals surface area contributed by atoms with Crippen LogP contribution in [0.15, 0.2) is 102 Å². The molecular formula is C26H27CsN2. The van der Waals surface area contributed by atoms with Crippen LogP contribution in [-0.4, -0.2) is 5.84 Å². The molecule has 0 aliphatic carbocycles. The van der Waals surface area contributed by atoms with Crippen LogP contribution in [0.1, 0.15) is 42.9 Å². The largest absolute Gasteiger partial charge is 1.00 e. The molecule has 0 fully saturated rings. The van der Waals surface area contributed by atoms with Gasteiger partial charge in [-0.25, -0.2) is 0 Å². The predicted octanol–water partition coefficient (Wildman–Crippen LogP) is 2.86. The molecule has 0 unspecified atom stereocenters. The Balaban J connectivity index is 0.000000255. The minimum Gasteiger partial charge on any atom is -0.387 e. The third-order valence-corrected chi connectivity index (χ3v) is 5.01. The summed E-state index contributed by atoms with van der Waals surface area (Å²) < 4.78 is 0. The second kappa shape index (κ2) is 11.4. The maximum Gasteiger partial charge on any atom is 1.00 e. The van der Waals surface area contributed by atoms with Crippen LogP contribution in [0, 0.1) is 6.07 Å². The summed E-state index contributed by atoms with van der Waals surface area (Å²) in [5.74, 6) is 1.29. The molecule has 3 heteroatoms. The maximum absolute atomic E-state index is 5.96. The average Bonchev–Trinajstić information content (AvgIpc) is 3.05. The molecule has 4 rings (SSSR count). The second-order valence-electron chi connectivity index (χ2n) is 7.31. The summed E-state index contributed by atoms with van der Waals surface area (Å²) in [4.78, 5) is 4.74. The van der Waals surface area contributed by atoms with E-state index in [-0.39, 0.29) is 68.9 Å². The molecule has 1 aliphatic rings. The van der Waals surface area contributed by atoms with Crippen molar-refractivity contribution in [3.63, 3.8) is 0 Å². The third kappa shape index (κ3) is 5.75. The Hall–Kier alpha value is -1.08. The van der Waals surface area contributed by atoms with Gasteiger partial charge in [-0.3, -0.25) is 4.99 Å². The zero-order valence-electron chi connectivity index (χ0n) is 17.6. The zero-order chi connectivity index (χ0) is 20.0. The average molecular weight is 500 g/mol. The summed E-state index contributed by atoms with van der Waals surface area (Å²) in [6.45, 7) is 8.60. The van der Waals surface area contributed by atoms with E-state index in [0.717, 1.165) is 16.7 Å². The topological polar surface area (TPSA) is 38.4 Å². The van der Waals surface area contributed by atoms with Gasteiger partial charge in [0.25, 0.3) is 0 Å².